The Morgan fingerprint density at radius 3 is 2.55 bits per heavy atom. The average molecular weight is 303 g/mol. The SMILES string of the molecule is CCN(CC(=O)NC)S(=O)(=O)c1cc(N)c(F)cc1C. The van der Waals surface area contributed by atoms with Gasteiger partial charge < -0.3 is 11.1 Å². The highest BCUT2D eigenvalue weighted by molar-refractivity contribution is 7.89. The van der Waals surface area contributed by atoms with Crippen LogP contribution in [-0.2, 0) is 14.8 Å². The number of nitrogens with zero attached hydrogens (tertiary/aromatic N) is 1. The maximum atomic E-state index is 13.3. The fourth-order valence-corrected chi connectivity index (χ4v) is 3.34. The normalized spacial score (nSPS) is 11.7. The van der Waals surface area contributed by atoms with Crippen LogP contribution in [0.25, 0.3) is 0 Å². The zero-order chi connectivity index (χ0) is 15.5. The summed E-state index contributed by atoms with van der Waals surface area (Å²) < 4.78 is 39.2. The first-order valence-corrected chi connectivity index (χ1v) is 7.44. The smallest absolute Gasteiger partial charge is 0.243 e. The van der Waals surface area contributed by atoms with Gasteiger partial charge in [-0.15, -0.1) is 0 Å². The van der Waals surface area contributed by atoms with Crippen molar-refractivity contribution in [1.82, 2.24) is 9.62 Å². The molecule has 0 aliphatic heterocycles. The monoisotopic (exact) mass is 303 g/mol. The second-order valence-corrected chi connectivity index (χ2v) is 6.15. The summed E-state index contributed by atoms with van der Waals surface area (Å²) in [5, 5.41) is 2.36. The van der Waals surface area contributed by atoms with Crippen LogP contribution in [0.1, 0.15) is 12.5 Å². The number of anilines is 1. The highest BCUT2D eigenvalue weighted by Gasteiger charge is 2.27. The number of nitrogen functional groups attached to an aromatic ring is 1. The molecule has 0 atom stereocenters. The molecule has 0 fully saturated rings. The number of amides is 1. The Bertz CT molecular complexity index is 617. The van der Waals surface area contributed by atoms with E-state index in [4.69, 9.17) is 5.73 Å². The molecule has 1 aromatic rings. The topological polar surface area (TPSA) is 92.5 Å². The van der Waals surface area contributed by atoms with Crippen LogP contribution >= 0.6 is 0 Å². The standard InChI is InChI=1S/C12H18FN3O3S/c1-4-16(7-12(17)15-3)20(18,19)11-6-10(14)9(13)5-8(11)2/h5-6H,4,7,14H2,1-3H3,(H,15,17). The highest BCUT2D eigenvalue weighted by atomic mass is 32.2. The van der Waals surface area contributed by atoms with Crippen molar-refractivity contribution in [2.45, 2.75) is 18.7 Å². The summed E-state index contributed by atoms with van der Waals surface area (Å²) in [6.45, 7) is 2.91. The molecule has 8 heteroatoms. The van der Waals surface area contributed by atoms with Gasteiger partial charge in [-0.3, -0.25) is 4.79 Å². The molecule has 0 aliphatic carbocycles. The van der Waals surface area contributed by atoms with Crippen LogP contribution in [0.3, 0.4) is 0 Å². The van der Waals surface area contributed by atoms with Crippen molar-refractivity contribution < 1.29 is 17.6 Å². The number of benzene rings is 1. The Labute approximate surface area is 117 Å². The molecule has 3 N–H and O–H groups in total. The van der Waals surface area contributed by atoms with E-state index in [-0.39, 0.29) is 29.2 Å². The van der Waals surface area contributed by atoms with Crippen molar-refractivity contribution in [3.63, 3.8) is 0 Å². The fourth-order valence-electron chi connectivity index (χ4n) is 1.69. The largest absolute Gasteiger partial charge is 0.396 e. The van der Waals surface area contributed by atoms with Gasteiger partial charge in [0.15, 0.2) is 0 Å². The molecule has 0 aliphatic rings. The van der Waals surface area contributed by atoms with Crippen molar-refractivity contribution in [1.29, 1.82) is 0 Å². The van der Waals surface area contributed by atoms with Crippen molar-refractivity contribution in [3.05, 3.63) is 23.5 Å². The maximum absolute atomic E-state index is 13.3. The van der Waals surface area contributed by atoms with Gasteiger partial charge in [0.25, 0.3) is 0 Å². The first-order valence-electron chi connectivity index (χ1n) is 6.00. The molecule has 1 rings (SSSR count). The molecule has 20 heavy (non-hydrogen) atoms. The third-order valence-corrected chi connectivity index (χ3v) is 4.93. The van der Waals surface area contributed by atoms with Crippen LogP contribution in [0.4, 0.5) is 10.1 Å². The first kappa shape index (κ1) is 16.4. The van der Waals surface area contributed by atoms with Crippen molar-refractivity contribution in [2.75, 3.05) is 25.9 Å². The number of sulfonamides is 1. The lowest BCUT2D eigenvalue weighted by molar-refractivity contribution is -0.120. The predicted octanol–water partition coefficient (Wildman–Crippen LogP) is 0.473. The highest BCUT2D eigenvalue weighted by Crippen LogP contribution is 2.24. The first-order chi connectivity index (χ1) is 9.23. The summed E-state index contributed by atoms with van der Waals surface area (Å²) in [4.78, 5) is 11.3. The lowest BCUT2D eigenvalue weighted by Gasteiger charge is -2.21. The van der Waals surface area contributed by atoms with Gasteiger partial charge in [0.2, 0.25) is 15.9 Å². The number of halogens is 1. The average Bonchev–Trinajstić information content (AvgIpc) is 2.39. The molecule has 0 spiro atoms. The Hall–Kier alpha value is -1.67. The van der Waals surface area contributed by atoms with E-state index in [2.05, 4.69) is 5.32 Å². The summed E-state index contributed by atoms with van der Waals surface area (Å²) in [7, 11) is -2.48. The number of carbonyl (C=O) groups is 1. The fraction of sp³-hybridized carbons (Fsp3) is 0.417. The minimum Gasteiger partial charge on any atom is -0.396 e. The Morgan fingerprint density at radius 1 is 1.45 bits per heavy atom. The minimum atomic E-state index is -3.90. The van der Waals surface area contributed by atoms with E-state index in [1.54, 1.807) is 6.92 Å². The summed E-state index contributed by atoms with van der Waals surface area (Å²) in [5.74, 6) is -1.10. The van der Waals surface area contributed by atoms with E-state index in [1.165, 1.54) is 14.0 Å². The maximum Gasteiger partial charge on any atom is 0.243 e. The van der Waals surface area contributed by atoms with E-state index < -0.39 is 21.7 Å². The van der Waals surface area contributed by atoms with Gasteiger partial charge in [0.05, 0.1) is 17.1 Å². The van der Waals surface area contributed by atoms with Gasteiger partial charge in [0.1, 0.15) is 5.82 Å². The minimum absolute atomic E-state index is 0.0952. The van der Waals surface area contributed by atoms with Crippen molar-refractivity contribution >= 4 is 21.6 Å². The van der Waals surface area contributed by atoms with Gasteiger partial charge in [0, 0.05) is 13.6 Å². The number of hydrogen-bond acceptors (Lipinski definition) is 4. The number of likely N-dealkylation sites (N-methyl/N-ethyl adjacent to an activating group) is 2. The molecule has 0 aromatic heterocycles. The van der Waals surface area contributed by atoms with E-state index >= 15 is 0 Å². The van der Waals surface area contributed by atoms with Gasteiger partial charge in [-0.05, 0) is 24.6 Å². The van der Waals surface area contributed by atoms with Crippen LogP contribution in [-0.4, -0.2) is 38.8 Å². The van der Waals surface area contributed by atoms with E-state index in [9.17, 15) is 17.6 Å². The molecule has 0 bridgehead atoms. The molecular formula is C12H18FN3O3S. The summed E-state index contributed by atoms with van der Waals surface area (Å²) in [6.07, 6.45) is 0. The molecule has 0 heterocycles. The molecule has 6 nitrogen and oxygen atoms in total. The zero-order valence-corrected chi connectivity index (χ0v) is 12.4. The third kappa shape index (κ3) is 3.26. The van der Waals surface area contributed by atoms with Gasteiger partial charge in [-0.25, -0.2) is 12.8 Å². The van der Waals surface area contributed by atoms with Gasteiger partial charge in [-0.1, -0.05) is 6.92 Å². The molecule has 0 radical (unpaired) electrons. The molecule has 0 saturated carbocycles. The molecular weight excluding hydrogens is 285 g/mol. The van der Waals surface area contributed by atoms with Crippen LogP contribution in [0, 0.1) is 12.7 Å². The summed E-state index contributed by atoms with van der Waals surface area (Å²) >= 11 is 0. The Morgan fingerprint density at radius 2 is 2.05 bits per heavy atom. The third-order valence-electron chi connectivity index (χ3n) is 2.86. The van der Waals surface area contributed by atoms with E-state index in [0.717, 1.165) is 16.4 Å². The number of hydrogen-bond donors (Lipinski definition) is 2. The number of rotatable bonds is 5. The van der Waals surface area contributed by atoms with Gasteiger partial charge >= 0.3 is 0 Å². The van der Waals surface area contributed by atoms with Gasteiger partial charge in [-0.2, -0.15) is 4.31 Å². The quantitative estimate of drug-likeness (QED) is 0.774. The van der Waals surface area contributed by atoms with E-state index in [1.807, 2.05) is 0 Å². The summed E-state index contributed by atoms with van der Waals surface area (Å²) in [5.41, 5.74) is 5.42. The lowest BCUT2D eigenvalue weighted by atomic mass is 10.2. The molecule has 0 saturated heterocycles. The van der Waals surface area contributed by atoms with E-state index in [0.29, 0.717) is 0 Å². The van der Waals surface area contributed by atoms with Crippen LogP contribution in [0.15, 0.2) is 17.0 Å². The number of aryl methyl sites for hydroxylation is 1. The Balaban J connectivity index is 3.27. The predicted molar refractivity (Wildman–Crippen MR) is 74.0 cm³/mol. The Kier molecular flexibility index (Phi) is 5.07. The molecule has 0 unspecified atom stereocenters. The molecule has 1 aromatic carbocycles. The second-order valence-electron chi connectivity index (χ2n) is 4.24. The van der Waals surface area contributed by atoms with Crippen LogP contribution < -0.4 is 11.1 Å². The summed E-state index contributed by atoms with van der Waals surface area (Å²) in [6, 6.07) is 2.14. The van der Waals surface area contributed by atoms with Crippen LogP contribution in [0.5, 0.6) is 0 Å². The number of nitrogens with two attached hydrogens (primary N) is 1. The lowest BCUT2D eigenvalue weighted by Crippen LogP contribution is -2.39. The number of carbonyl (C=O) groups excluding carboxylic acids is 1. The van der Waals surface area contributed by atoms with Crippen LogP contribution in [0.2, 0.25) is 0 Å². The van der Waals surface area contributed by atoms with Crippen molar-refractivity contribution in [3.8, 4) is 0 Å². The zero-order valence-electron chi connectivity index (χ0n) is 11.6. The molecule has 1 amide bonds. The second kappa shape index (κ2) is 6.19. The van der Waals surface area contributed by atoms with Crippen molar-refractivity contribution in [2.24, 2.45) is 0 Å². The number of nitrogens with one attached hydrogen (secondary N) is 1. The molecule has 112 valence electrons.